The van der Waals surface area contributed by atoms with Gasteiger partial charge in [0.2, 0.25) is 5.91 Å². The molecule has 23 heavy (non-hydrogen) atoms. The SMILES string of the molecule is CN1C[C@H](NC(=O)CCc2cncn2C)[C@H](c2ccccc2)C1. The van der Waals surface area contributed by atoms with Crippen LogP contribution in [-0.2, 0) is 18.3 Å². The van der Waals surface area contributed by atoms with Crippen molar-refractivity contribution in [2.24, 2.45) is 7.05 Å². The number of nitrogens with zero attached hydrogens (tertiary/aromatic N) is 3. The predicted octanol–water partition coefficient (Wildman–Crippen LogP) is 1.57. The molecule has 5 heteroatoms. The number of carbonyl (C=O) groups is 1. The molecule has 0 bridgehead atoms. The molecular formula is C18H24N4O. The summed E-state index contributed by atoms with van der Waals surface area (Å²) in [7, 11) is 4.06. The van der Waals surface area contributed by atoms with Crippen molar-refractivity contribution in [3.05, 3.63) is 54.1 Å². The Morgan fingerprint density at radius 3 is 2.74 bits per heavy atom. The molecule has 0 saturated carbocycles. The van der Waals surface area contributed by atoms with Crippen LogP contribution in [0, 0.1) is 0 Å². The summed E-state index contributed by atoms with van der Waals surface area (Å²) in [5, 5.41) is 3.23. The largest absolute Gasteiger partial charge is 0.351 e. The van der Waals surface area contributed by atoms with Crippen molar-refractivity contribution in [2.45, 2.75) is 24.8 Å². The van der Waals surface area contributed by atoms with E-state index in [0.29, 0.717) is 12.3 Å². The van der Waals surface area contributed by atoms with E-state index in [0.717, 1.165) is 25.2 Å². The maximum Gasteiger partial charge on any atom is 0.220 e. The summed E-state index contributed by atoms with van der Waals surface area (Å²) in [6, 6.07) is 10.6. The van der Waals surface area contributed by atoms with Crippen LogP contribution >= 0.6 is 0 Å². The molecule has 3 rings (SSSR count). The van der Waals surface area contributed by atoms with E-state index in [1.807, 2.05) is 23.9 Å². The molecule has 122 valence electrons. The number of hydrogen-bond donors (Lipinski definition) is 1. The maximum absolute atomic E-state index is 12.3. The van der Waals surface area contributed by atoms with E-state index in [1.54, 1.807) is 6.33 Å². The second kappa shape index (κ2) is 6.96. The van der Waals surface area contributed by atoms with Crippen molar-refractivity contribution in [3.8, 4) is 0 Å². The highest BCUT2D eigenvalue weighted by molar-refractivity contribution is 5.76. The Labute approximate surface area is 137 Å². The summed E-state index contributed by atoms with van der Waals surface area (Å²) in [5.74, 6) is 0.481. The highest BCUT2D eigenvalue weighted by atomic mass is 16.1. The van der Waals surface area contributed by atoms with E-state index in [4.69, 9.17) is 0 Å². The average molecular weight is 312 g/mol. The van der Waals surface area contributed by atoms with Crippen LogP contribution in [0.5, 0.6) is 0 Å². The van der Waals surface area contributed by atoms with Crippen LogP contribution in [-0.4, -0.2) is 46.5 Å². The molecular weight excluding hydrogens is 288 g/mol. The summed E-state index contributed by atoms with van der Waals surface area (Å²) in [6.45, 7) is 1.88. The van der Waals surface area contributed by atoms with Crippen molar-refractivity contribution >= 4 is 5.91 Å². The Morgan fingerprint density at radius 2 is 2.04 bits per heavy atom. The molecule has 0 aliphatic carbocycles. The molecule has 2 heterocycles. The van der Waals surface area contributed by atoms with Gasteiger partial charge in [0.1, 0.15) is 0 Å². The van der Waals surface area contributed by atoms with E-state index in [1.165, 1.54) is 5.56 Å². The number of aromatic nitrogens is 2. The molecule has 1 amide bonds. The summed E-state index contributed by atoms with van der Waals surface area (Å²) >= 11 is 0. The quantitative estimate of drug-likeness (QED) is 0.912. The molecule has 1 N–H and O–H groups in total. The van der Waals surface area contributed by atoms with Gasteiger partial charge in [-0.2, -0.15) is 0 Å². The lowest BCUT2D eigenvalue weighted by molar-refractivity contribution is -0.121. The fourth-order valence-electron chi connectivity index (χ4n) is 3.33. The molecule has 5 nitrogen and oxygen atoms in total. The van der Waals surface area contributed by atoms with E-state index >= 15 is 0 Å². The van der Waals surface area contributed by atoms with Gasteiger partial charge in [-0.25, -0.2) is 4.98 Å². The summed E-state index contributed by atoms with van der Waals surface area (Å²) < 4.78 is 1.96. The van der Waals surface area contributed by atoms with Crippen molar-refractivity contribution in [1.29, 1.82) is 0 Å². The minimum Gasteiger partial charge on any atom is -0.351 e. The Hall–Kier alpha value is -2.14. The maximum atomic E-state index is 12.3. The van der Waals surface area contributed by atoms with Gasteiger partial charge < -0.3 is 14.8 Å². The number of imidazole rings is 1. The van der Waals surface area contributed by atoms with E-state index in [-0.39, 0.29) is 11.9 Å². The lowest BCUT2D eigenvalue weighted by Crippen LogP contribution is -2.39. The van der Waals surface area contributed by atoms with Gasteiger partial charge in [-0.1, -0.05) is 30.3 Å². The van der Waals surface area contributed by atoms with Crippen molar-refractivity contribution in [3.63, 3.8) is 0 Å². The molecule has 1 saturated heterocycles. The number of amides is 1. The third kappa shape index (κ3) is 3.79. The van der Waals surface area contributed by atoms with Gasteiger partial charge >= 0.3 is 0 Å². The van der Waals surface area contributed by atoms with Crippen LogP contribution < -0.4 is 5.32 Å². The number of likely N-dealkylation sites (N-methyl/N-ethyl adjacent to an activating group) is 1. The summed E-state index contributed by atoms with van der Waals surface area (Å²) in [4.78, 5) is 18.7. The Balaban J connectivity index is 1.59. The molecule has 0 spiro atoms. The smallest absolute Gasteiger partial charge is 0.220 e. The summed E-state index contributed by atoms with van der Waals surface area (Å²) in [6.07, 6.45) is 4.82. The monoisotopic (exact) mass is 312 g/mol. The molecule has 0 radical (unpaired) electrons. The molecule has 1 fully saturated rings. The Kier molecular flexibility index (Phi) is 4.76. The first kappa shape index (κ1) is 15.7. The van der Waals surface area contributed by atoms with Gasteiger partial charge in [-0.05, 0) is 19.0 Å². The number of aryl methyl sites for hydroxylation is 2. The lowest BCUT2D eigenvalue weighted by atomic mass is 9.94. The lowest BCUT2D eigenvalue weighted by Gasteiger charge is -2.20. The van der Waals surface area contributed by atoms with E-state index in [9.17, 15) is 4.79 Å². The minimum absolute atomic E-state index is 0.118. The number of nitrogens with one attached hydrogen (secondary N) is 1. The number of rotatable bonds is 5. The van der Waals surface area contributed by atoms with E-state index in [2.05, 4.69) is 46.5 Å². The van der Waals surface area contributed by atoms with Crippen LogP contribution in [0.4, 0.5) is 0 Å². The number of benzene rings is 1. The normalized spacial score (nSPS) is 21.5. The Morgan fingerprint density at radius 1 is 1.26 bits per heavy atom. The molecule has 0 unspecified atom stereocenters. The second-order valence-corrected chi connectivity index (χ2v) is 6.41. The zero-order valence-corrected chi connectivity index (χ0v) is 13.8. The van der Waals surface area contributed by atoms with Gasteiger partial charge in [-0.3, -0.25) is 4.79 Å². The first-order valence-electron chi connectivity index (χ1n) is 8.11. The summed E-state index contributed by atoms with van der Waals surface area (Å²) in [5.41, 5.74) is 2.39. The fraction of sp³-hybridized carbons (Fsp3) is 0.444. The first-order valence-corrected chi connectivity index (χ1v) is 8.11. The average Bonchev–Trinajstić information content (AvgIpc) is 3.12. The molecule has 1 aromatic carbocycles. The van der Waals surface area contributed by atoms with Gasteiger partial charge in [0.15, 0.2) is 0 Å². The first-order chi connectivity index (χ1) is 11.1. The van der Waals surface area contributed by atoms with Gasteiger partial charge in [-0.15, -0.1) is 0 Å². The molecule has 2 aromatic rings. The zero-order valence-electron chi connectivity index (χ0n) is 13.8. The van der Waals surface area contributed by atoms with Crippen LogP contribution in [0.3, 0.4) is 0 Å². The van der Waals surface area contributed by atoms with Crippen molar-refractivity contribution in [1.82, 2.24) is 19.8 Å². The third-order valence-electron chi connectivity index (χ3n) is 4.60. The van der Waals surface area contributed by atoms with Gasteiger partial charge in [0.05, 0.1) is 6.33 Å². The van der Waals surface area contributed by atoms with Crippen LogP contribution in [0.2, 0.25) is 0 Å². The standard InChI is InChI=1S/C18H24N4O/c1-21-11-16(14-6-4-3-5-7-14)17(12-21)20-18(23)9-8-15-10-19-13-22(15)2/h3-7,10,13,16-17H,8-9,11-12H2,1-2H3,(H,20,23)/t16-,17-/m0/s1. The molecule has 1 aliphatic rings. The number of likely N-dealkylation sites (tertiary alicyclic amines) is 1. The molecule has 1 aromatic heterocycles. The number of hydrogen-bond acceptors (Lipinski definition) is 3. The second-order valence-electron chi connectivity index (χ2n) is 6.41. The Bertz CT molecular complexity index is 652. The van der Waals surface area contributed by atoms with Gasteiger partial charge in [0, 0.05) is 50.4 Å². The van der Waals surface area contributed by atoms with Crippen LogP contribution in [0.1, 0.15) is 23.6 Å². The van der Waals surface area contributed by atoms with Crippen LogP contribution in [0.15, 0.2) is 42.9 Å². The van der Waals surface area contributed by atoms with E-state index < -0.39 is 0 Å². The van der Waals surface area contributed by atoms with Crippen molar-refractivity contribution in [2.75, 3.05) is 20.1 Å². The van der Waals surface area contributed by atoms with Crippen LogP contribution in [0.25, 0.3) is 0 Å². The molecule has 2 atom stereocenters. The highest BCUT2D eigenvalue weighted by Gasteiger charge is 2.32. The topological polar surface area (TPSA) is 50.2 Å². The zero-order chi connectivity index (χ0) is 16.2. The minimum atomic E-state index is 0.118. The highest BCUT2D eigenvalue weighted by Crippen LogP contribution is 2.26. The molecule has 1 aliphatic heterocycles. The third-order valence-corrected chi connectivity index (χ3v) is 4.60. The fourth-order valence-corrected chi connectivity index (χ4v) is 3.33. The predicted molar refractivity (Wildman–Crippen MR) is 90.1 cm³/mol. The van der Waals surface area contributed by atoms with Crippen molar-refractivity contribution < 1.29 is 4.79 Å². The number of carbonyl (C=O) groups excluding carboxylic acids is 1. The van der Waals surface area contributed by atoms with Gasteiger partial charge in [0.25, 0.3) is 0 Å².